The highest BCUT2D eigenvalue weighted by Crippen LogP contribution is 2.47. The van der Waals surface area contributed by atoms with Gasteiger partial charge in [0.05, 0.1) is 0 Å². The second-order valence-electron chi connectivity index (χ2n) is 5.77. The lowest BCUT2D eigenvalue weighted by molar-refractivity contribution is -0.126. The third-order valence-electron chi connectivity index (χ3n) is 4.47. The van der Waals surface area contributed by atoms with Crippen LogP contribution in [0.3, 0.4) is 0 Å². The van der Waals surface area contributed by atoms with Gasteiger partial charge in [-0.2, -0.15) is 0 Å². The Labute approximate surface area is 98.2 Å². The molecule has 0 radical (unpaired) electrons. The van der Waals surface area contributed by atoms with Gasteiger partial charge in [-0.15, -0.1) is 0 Å². The monoisotopic (exact) mass is 224 g/mol. The maximum absolute atomic E-state index is 12.0. The highest BCUT2D eigenvalue weighted by atomic mass is 16.1. The molecule has 2 aliphatic carbocycles. The number of hydrogen-bond donors (Lipinski definition) is 2. The van der Waals surface area contributed by atoms with Crippen molar-refractivity contribution in [3.8, 4) is 0 Å². The molecule has 2 fully saturated rings. The number of carbonyl (C=O) groups excluding carboxylic acids is 1. The zero-order valence-electron chi connectivity index (χ0n) is 10.3. The minimum atomic E-state index is 0.272. The molecule has 0 heterocycles. The Balaban J connectivity index is 1.75. The maximum Gasteiger partial charge on any atom is 0.223 e. The summed E-state index contributed by atoms with van der Waals surface area (Å²) in [6.45, 7) is 3.80. The zero-order chi connectivity index (χ0) is 11.6. The third kappa shape index (κ3) is 2.57. The molecule has 0 aliphatic heterocycles. The van der Waals surface area contributed by atoms with E-state index in [0.717, 1.165) is 25.9 Å². The molecular formula is C13H24N2O. The van der Waals surface area contributed by atoms with Gasteiger partial charge < -0.3 is 11.1 Å². The lowest BCUT2D eigenvalue weighted by Crippen LogP contribution is -2.36. The summed E-state index contributed by atoms with van der Waals surface area (Å²) in [5.74, 6) is 1.13. The van der Waals surface area contributed by atoms with Crippen molar-refractivity contribution < 1.29 is 4.79 Å². The quantitative estimate of drug-likeness (QED) is 0.746. The second kappa shape index (κ2) is 4.74. The molecule has 92 valence electrons. The van der Waals surface area contributed by atoms with Crippen molar-refractivity contribution in [3.63, 3.8) is 0 Å². The molecule has 2 rings (SSSR count). The third-order valence-corrected chi connectivity index (χ3v) is 4.47. The Morgan fingerprint density at radius 3 is 2.69 bits per heavy atom. The van der Waals surface area contributed by atoms with Crippen molar-refractivity contribution >= 4 is 5.91 Å². The Morgan fingerprint density at radius 2 is 2.19 bits per heavy atom. The number of rotatable bonds is 5. The summed E-state index contributed by atoms with van der Waals surface area (Å²) in [7, 11) is 0. The van der Waals surface area contributed by atoms with E-state index in [-0.39, 0.29) is 11.8 Å². The fourth-order valence-electron chi connectivity index (χ4n) is 2.94. The Kier molecular flexibility index (Phi) is 3.53. The number of amides is 1. The van der Waals surface area contributed by atoms with E-state index in [1.165, 1.54) is 25.7 Å². The van der Waals surface area contributed by atoms with Gasteiger partial charge in [0.1, 0.15) is 0 Å². The van der Waals surface area contributed by atoms with E-state index < -0.39 is 0 Å². The van der Waals surface area contributed by atoms with Gasteiger partial charge in [-0.3, -0.25) is 4.79 Å². The van der Waals surface area contributed by atoms with E-state index in [2.05, 4.69) is 12.2 Å². The summed E-state index contributed by atoms with van der Waals surface area (Å²) in [4.78, 5) is 12.0. The number of nitrogens with one attached hydrogen (secondary N) is 1. The second-order valence-corrected chi connectivity index (χ2v) is 5.77. The van der Waals surface area contributed by atoms with E-state index in [1.54, 1.807) is 0 Å². The molecule has 3 N–H and O–H groups in total. The minimum absolute atomic E-state index is 0.272. The molecule has 0 bridgehead atoms. The van der Waals surface area contributed by atoms with Gasteiger partial charge in [-0.25, -0.2) is 0 Å². The average molecular weight is 224 g/mol. The molecule has 0 saturated heterocycles. The molecule has 3 nitrogen and oxygen atoms in total. The molecule has 0 aromatic carbocycles. The van der Waals surface area contributed by atoms with E-state index in [9.17, 15) is 4.79 Å². The SMILES string of the molecule is CC1CCCC1C(=O)NCC1(CCN)CC1. The molecule has 0 aromatic heterocycles. The molecule has 16 heavy (non-hydrogen) atoms. The van der Waals surface area contributed by atoms with E-state index in [1.807, 2.05) is 0 Å². The molecule has 0 aromatic rings. The first-order valence-corrected chi connectivity index (χ1v) is 6.65. The molecule has 2 atom stereocenters. The molecule has 2 saturated carbocycles. The molecule has 3 heteroatoms. The summed E-state index contributed by atoms with van der Waals surface area (Å²) >= 11 is 0. The first-order valence-electron chi connectivity index (χ1n) is 6.65. The topological polar surface area (TPSA) is 55.1 Å². The van der Waals surface area contributed by atoms with Gasteiger partial charge >= 0.3 is 0 Å². The summed E-state index contributed by atoms with van der Waals surface area (Å²) in [6.07, 6.45) is 7.05. The van der Waals surface area contributed by atoms with Crippen molar-refractivity contribution in [2.24, 2.45) is 23.0 Å². The highest BCUT2D eigenvalue weighted by Gasteiger charge is 2.42. The van der Waals surface area contributed by atoms with Crippen LogP contribution in [0, 0.1) is 17.3 Å². The number of nitrogens with two attached hydrogens (primary N) is 1. The van der Waals surface area contributed by atoms with Gasteiger partial charge in [0.15, 0.2) is 0 Å². The summed E-state index contributed by atoms with van der Waals surface area (Å²) < 4.78 is 0. The van der Waals surface area contributed by atoms with Crippen molar-refractivity contribution in [2.75, 3.05) is 13.1 Å². The molecule has 0 spiro atoms. The maximum atomic E-state index is 12.0. The van der Waals surface area contributed by atoms with E-state index >= 15 is 0 Å². The van der Waals surface area contributed by atoms with Crippen LogP contribution in [0.4, 0.5) is 0 Å². The fraction of sp³-hybridized carbons (Fsp3) is 0.923. The van der Waals surface area contributed by atoms with Gasteiger partial charge in [-0.05, 0) is 50.0 Å². The van der Waals surface area contributed by atoms with Gasteiger partial charge in [0, 0.05) is 12.5 Å². The Morgan fingerprint density at radius 1 is 1.44 bits per heavy atom. The lowest BCUT2D eigenvalue weighted by Gasteiger charge is -2.19. The fourth-order valence-corrected chi connectivity index (χ4v) is 2.94. The zero-order valence-corrected chi connectivity index (χ0v) is 10.3. The first-order chi connectivity index (χ1) is 7.67. The smallest absolute Gasteiger partial charge is 0.223 e. The van der Waals surface area contributed by atoms with Crippen LogP contribution in [0.25, 0.3) is 0 Å². The molecule has 1 amide bonds. The average Bonchev–Trinajstić information content (AvgIpc) is 2.89. The minimum Gasteiger partial charge on any atom is -0.355 e. The Hall–Kier alpha value is -0.570. The van der Waals surface area contributed by atoms with Crippen LogP contribution in [-0.4, -0.2) is 19.0 Å². The van der Waals surface area contributed by atoms with Gasteiger partial charge in [-0.1, -0.05) is 13.3 Å². The molecule has 2 aliphatic rings. The number of carbonyl (C=O) groups is 1. The Bertz CT molecular complexity index is 261. The van der Waals surface area contributed by atoms with Crippen LogP contribution in [0.2, 0.25) is 0 Å². The van der Waals surface area contributed by atoms with Gasteiger partial charge in [0.2, 0.25) is 5.91 Å². The normalized spacial score (nSPS) is 31.4. The predicted molar refractivity (Wildman–Crippen MR) is 64.9 cm³/mol. The van der Waals surface area contributed by atoms with Crippen molar-refractivity contribution in [1.29, 1.82) is 0 Å². The predicted octanol–water partition coefficient (Wildman–Crippen LogP) is 1.67. The van der Waals surface area contributed by atoms with Crippen molar-refractivity contribution in [1.82, 2.24) is 5.32 Å². The van der Waals surface area contributed by atoms with Crippen molar-refractivity contribution in [2.45, 2.75) is 45.4 Å². The number of hydrogen-bond acceptors (Lipinski definition) is 2. The standard InChI is InChI=1S/C13H24N2O/c1-10-3-2-4-11(10)12(16)15-9-13(5-6-13)7-8-14/h10-11H,2-9,14H2,1H3,(H,15,16). The van der Waals surface area contributed by atoms with Crippen LogP contribution < -0.4 is 11.1 Å². The van der Waals surface area contributed by atoms with E-state index in [4.69, 9.17) is 5.73 Å². The van der Waals surface area contributed by atoms with Crippen LogP contribution in [0.1, 0.15) is 45.4 Å². The summed E-state index contributed by atoms with van der Waals surface area (Å²) in [5.41, 5.74) is 5.96. The van der Waals surface area contributed by atoms with Crippen LogP contribution in [0.15, 0.2) is 0 Å². The van der Waals surface area contributed by atoms with Gasteiger partial charge in [0.25, 0.3) is 0 Å². The first kappa shape index (κ1) is 11.9. The van der Waals surface area contributed by atoms with Crippen LogP contribution in [-0.2, 0) is 4.79 Å². The molecule has 2 unspecified atom stereocenters. The van der Waals surface area contributed by atoms with Crippen LogP contribution in [0.5, 0.6) is 0 Å². The summed E-state index contributed by atoms with van der Waals surface area (Å²) in [5, 5.41) is 3.15. The van der Waals surface area contributed by atoms with Crippen LogP contribution >= 0.6 is 0 Å². The highest BCUT2D eigenvalue weighted by molar-refractivity contribution is 5.79. The van der Waals surface area contributed by atoms with E-state index in [0.29, 0.717) is 11.3 Å². The van der Waals surface area contributed by atoms with Crippen molar-refractivity contribution in [3.05, 3.63) is 0 Å². The molecular weight excluding hydrogens is 200 g/mol. The largest absolute Gasteiger partial charge is 0.355 e. The summed E-state index contributed by atoms with van der Waals surface area (Å²) in [6, 6.07) is 0. The lowest BCUT2D eigenvalue weighted by atomic mass is 9.96.